The van der Waals surface area contributed by atoms with Crippen LogP contribution in [0.3, 0.4) is 0 Å². The summed E-state index contributed by atoms with van der Waals surface area (Å²) in [5, 5.41) is 0.361. The first-order chi connectivity index (χ1) is 12.0. The molecule has 0 heterocycles. The Labute approximate surface area is 158 Å². The second-order valence-corrected chi connectivity index (χ2v) is 8.53. The van der Waals surface area contributed by atoms with Gasteiger partial charge in [-0.2, -0.15) is 0 Å². The van der Waals surface area contributed by atoms with Gasteiger partial charge in [-0.25, -0.2) is 0 Å². The second kappa shape index (κ2) is 10.5. The number of aryl methyl sites for hydroxylation is 2. The minimum atomic E-state index is 0.181. The number of hydrogen-bond acceptors (Lipinski definition) is 4. The van der Waals surface area contributed by atoms with Crippen LogP contribution in [0.2, 0.25) is 0 Å². The van der Waals surface area contributed by atoms with Crippen LogP contribution >= 0.6 is 23.5 Å². The summed E-state index contributed by atoms with van der Waals surface area (Å²) >= 11 is 2.76. The van der Waals surface area contributed by atoms with Gasteiger partial charge in [0, 0.05) is 25.4 Å². The van der Waals surface area contributed by atoms with Crippen LogP contribution < -0.4 is 0 Å². The molecule has 0 saturated heterocycles. The highest BCUT2D eigenvalue weighted by Crippen LogP contribution is 2.15. The van der Waals surface area contributed by atoms with Crippen molar-refractivity contribution >= 4 is 33.8 Å². The predicted molar refractivity (Wildman–Crippen MR) is 109 cm³/mol. The van der Waals surface area contributed by atoms with Crippen LogP contribution in [0.5, 0.6) is 0 Å². The van der Waals surface area contributed by atoms with Gasteiger partial charge in [0.1, 0.15) is 0 Å². The van der Waals surface area contributed by atoms with Crippen LogP contribution in [-0.2, 0) is 28.9 Å². The zero-order valence-electron chi connectivity index (χ0n) is 14.8. The number of benzene rings is 2. The van der Waals surface area contributed by atoms with Gasteiger partial charge < -0.3 is 0 Å². The second-order valence-electron chi connectivity index (χ2n) is 5.99. The fourth-order valence-electron chi connectivity index (χ4n) is 2.51. The van der Waals surface area contributed by atoms with E-state index in [2.05, 4.69) is 48.5 Å². The molecule has 0 radical (unpaired) electrons. The maximum Gasteiger partial charge on any atom is 0.185 e. The van der Waals surface area contributed by atoms with Crippen molar-refractivity contribution in [1.82, 2.24) is 0 Å². The average Bonchev–Trinajstić information content (AvgIpc) is 2.57. The fourth-order valence-corrected chi connectivity index (χ4v) is 3.76. The molecule has 0 unspecified atom stereocenters. The molecule has 0 spiro atoms. The third-order valence-electron chi connectivity index (χ3n) is 3.85. The summed E-state index contributed by atoms with van der Waals surface area (Å²) in [6, 6.07) is 17.3. The van der Waals surface area contributed by atoms with Crippen molar-refractivity contribution in [1.29, 1.82) is 0 Å². The maximum absolute atomic E-state index is 11.0. The van der Waals surface area contributed by atoms with Crippen molar-refractivity contribution in [2.24, 2.45) is 0 Å². The number of thioether (sulfide) groups is 2. The molecule has 2 aromatic carbocycles. The van der Waals surface area contributed by atoms with Gasteiger partial charge in [-0.3, -0.25) is 9.59 Å². The normalized spacial score (nSPS) is 10.6. The van der Waals surface area contributed by atoms with Gasteiger partial charge >= 0.3 is 0 Å². The van der Waals surface area contributed by atoms with Gasteiger partial charge in [0.15, 0.2) is 10.2 Å². The van der Waals surface area contributed by atoms with Crippen molar-refractivity contribution in [3.63, 3.8) is 0 Å². The van der Waals surface area contributed by atoms with E-state index in [-0.39, 0.29) is 10.2 Å². The van der Waals surface area contributed by atoms with Crippen molar-refractivity contribution in [2.45, 2.75) is 33.1 Å². The first-order valence-electron chi connectivity index (χ1n) is 8.45. The third-order valence-corrected chi connectivity index (χ3v) is 5.48. The molecular weight excluding hydrogens is 348 g/mol. The molecule has 0 amide bonds. The molecule has 2 nitrogen and oxygen atoms in total. The summed E-state index contributed by atoms with van der Waals surface area (Å²) in [4.78, 5) is 21.9. The Morgan fingerprint density at radius 3 is 1.28 bits per heavy atom. The Balaban J connectivity index is 1.83. The zero-order valence-corrected chi connectivity index (χ0v) is 16.4. The summed E-state index contributed by atoms with van der Waals surface area (Å²) in [5.74, 6) is 1.69. The quantitative estimate of drug-likeness (QED) is 0.658. The molecule has 2 rings (SSSR count). The molecule has 0 aliphatic carbocycles. The van der Waals surface area contributed by atoms with Crippen molar-refractivity contribution < 1.29 is 9.59 Å². The summed E-state index contributed by atoms with van der Waals surface area (Å²) in [6.07, 6.45) is 2.78. The first kappa shape index (κ1) is 19.8. The topological polar surface area (TPSA) is 34.1 Å². The number of carbonyl (C=O) groups is 2. The van der Waals surface area contributed by atoms with Crippen molar-refractivity contribution in [3.8, 4) is 0 Å². The lowest BCUT2D eigenvalue weighted by atomic mass is 10.0. The van der Waals surface area contributed by atoms with E-state index >= 15 is 0 Å². The molecular formula is C21H24O2S2. The third kappa shape index (κ3) is 7.93. The minimum absolute atomic E-state index is 0.181. The van der Waals surface area contributed by atoms with Crippen molar-refractivity contribution in [2.75, 3.05) is 11.5 Å². The fraction of sp³-hybridized carbons (Fsp3) is 0.333. The van der Waals surface area contributed by atoms with Crippen molar-refractivity contribution in [3.05, 3.63) is 70.8 Å². The van der Waals surface area contributed by atoms with E-state index in [0.717, 1.165) is 30.8 Å². The summed E-state index contributed by atoms with van der Waals surface area (Å²) in [6.45, 7) is 3.22. The lowest BCUT2D eigenvalue weighted by molar-refractivity contribution is -0.109. The lowest BCUT2D eigenvalue weighted by Gasteiger charge is -2.06. The summed E-state index contributed by atoms with van der Waals surface area (Å²) < 4.78 is 0. The largest absolute Gasteiger partial charge is 0.288 e. The molecule has 25 heavy (non-hydrogen) atoms. The molecule has 0 N–H and O–H groups in total. The molecule has 0 aliphatic heterocycles. The molecule has 132 valence electrons. The van der Waals surface area contributed by atoms with Gasteiger partial charge in [0.05, 0.1) is 0 Å². The predicted octanol–water partition coefficient (Wildman–Crippen LogP) is 4.92. The van der Waals surface area contributed by atoms with Crippen LogP contribution in [0.25, 0.3) is 0 Å². The SMILES string of the molecule is CC(=O)SCCc1ccc(Cc2ccc(CCSC(C)=O)cc2)cc1. The number of hydrogen-bond donors (Lipinski definition) is 0. The standard InChI is InChI=1S/C21H24O2S2/c1-16(22)24-13-11-18-3-7-20(8-4-18)15-21-9-5-19(6-10-21)12-14-25-17(2)23/h3-10H,11-15H2,1-2H3. The molecule has 0 aromatic heterocycles. The molecule has 2 aromatic rings. The Morgan fingerprint density at radius 2 is 0.960 bits per heavy atom. The van der Waals surface area contributed by atoms with Gasteiger partial charge in [-0.1, -0.05) is 72.1 Å². The maximum atomic E-state index is 11.0. The molecule has 0 aliphatic rings. The average molecular weight is 373 g/mol. The van der Waals surface area contributed by atoms with E-state index in [9.17, 15) is 9.59 Å². The Hall–Kier alpha value is -1.52. The lowest BCUT2D eigenvalue weighted by Crippen LogP contribution is -1.94. The minimum Gasteiger partial charge on any atom is -0.288 e. The highest BCUT2D eigenvalue weighted by Gasteiger charge is 2.01. The molecule has 0 bridgehead atoms. The van der Waals surface area contributed by atoms with Crippen LogP contribution in [0.4, 0.5) is 0 Å². The number of rotatable bonds is 8. The monoisotopic (exact) mass is 372 g/mol. The molecule has 0 saturated carbocycles. The van der Waals surface area contributed by atoms with E-state index in [4.69, 9.17) is 0 Å². The smallest absolute Gasteiger partial charge is 0.185 e. The zero-order chi connectivity index (χ0) is 18.1. The van der Waals surface area contributed by atoms with Gasteiger partial charge in [-0.15, -0.1) is 0 Å². The van der Waals surface area contributed by atoms with Gasteiger partial charge in [0.2, 0.25) is 0 Å². The van der Waals surface area contributed by atoms with E-state index in [1.165, 1.54) is 45.8 Å². The first-order valence-corrected chi connectivity index (χ1v) is 10.4. The van der Waals surface area contributed by atoms with Crippen LogP contribution in [0.15, 0.2) is 48.5 Å². The van der Waals surface area contributed by atoms with E-state index in [1.54, 1.807) is 13.8 Å². The Morgan fingerprint density at radius 1 is 0.640 bits per heavy atom. The van der Waals surface area contributed by atoms with Crippen LogP contribution in [0, 0.1) is 0 Å². The van der Waals surface area contributed by atoms with E-state index < -0.39 is 0 Å². The van der Waals surface area contributed by atoms with E-state index in [0.29, 0.717) is 0 Å². The summed E-state index contributed by atoms with van der Waals surface area (Å²) in [5.41, 5.74) is 5.14. The molecule has 4 heteroatoms. The van der Waals surface area contributed by atoms with Crippen LogP contribution in [0.1, 0.15) is 36.1 Å². The summed E-state index contributed by atoms with van der Waals surface area (Å²) in [7, 11) is 0. The van der Waals surface area contributed by atoms with Crippen LogP contribution in [-0.4, -0.2) is 21.7 Å². The Bertz CT molecular complexity index is 629. The highest BCUT2D eigenvalue weighted by molar-refractivity contribution is 8.13. The van der Waals surface area contributed by atoms with Gasteiger partial charge in [0.25, 0.3) is 0 Å². The highest BCUT2D eigenvalue weighted by atomic mass is 32.2. The van der Waals surface area contributed by atoms with E-state index in [1.807, 2.05) is 0 Å². The Kier molecular flexibility index (Phi) is 8.29. The van der Waals surface area contributed by atoms with Gasteiger partial charge in [-0.05, 0) is 41.5 Å². The number of carbonyl (C=O) groups excluding carboxylic acids is 2. The molecule has 0 atom stereocenters. The molecule has 0 fully saturated rings.